The highest BCUT2D eigenvalue weighted by Gasteiger charge is 2.10. The number of benzene rings is 1. The molecule has 1 aromatic carbocycles. The maximum Gasteiger partial charge on any atom is 0.309 e. The van der Waals surface area contributed by atoms with Gasteiger partial charge in [0.2, 0.25) is 0 Å². The molecule has 6 nitrogen and oxygen atoms in total. The smallest absolute Gasteiger partial charge is 0.309 e. The molecule has 2 rings (SSSR count). The third-order valence-electron chi connectivity index (χ3n) is 2.38. The van der Waals surface area contributed by atoms with Crippen LogP contribution >= 0.6 is 23.8 Å². The molecule has 0 amide bonds. The molecule has 104 valence electrons. The van der Waals surface area contributed by atoms with E-state index in [0.29, 0.717) is 21.6 Å². The van der Waals surface area contributed by atoms with Gasteiger partial charge in [-0.25, -0.2) is 4.98 Å². The Kier molecular flexibility index (Phi) is 4.54. The van der Waals surface area contributed by atoms with Gasteiger partial charge in [0.05, 0.1) is 18.4 Å². The van der Waals surface area contributed by atoms with Crippen LogP contribution in [0.4, 0.5) is 11.5 Å². The standard InChI is InChI=1S/C12H11ClN4O2S/c13-7-1-3-8(4-2-7)16-12(20)17-11-9(5-10(18)19)14-6-15-11/h1-4,6H,5H2,(H,14,15)(H,18,19)(H2,16,17,20). The number of anilines is 2. The monoisotopic (exact) mass is 310 g/mol. The Bertz CT molecular complexity index is 627. The van der Waals surface area contributed by atoms with E-state index in [2.05, 4.69) is 20.6 Å². The fourth-order valence-electron chi connectivity index (χ4n) is 1.52. The van der Waals surface area contributed by atoms with Crippen LogP contribution in [0.3, 0.4) is 0 Å². The number of nitrogens with one attached hydrogen (secondary N) is 3. The summed E-state index contributed by atoms with van der Waals surface area (Å²) in [5, 5.41) is 15.5. The minimum absolute atomic E-state index is 0.185. The zero-order chi connectivity index (χ0) is 14.5. The largest absolute Gasteiger partial charge is 0.481 e. The average Bonchev–Trinajstić information content (AvgIpc) is 2.78. The van der Waals surface area contributed by atoms with E-state index in [-0.39, 0.29) is 6.42 Å². The lowest BCUT2D eigenvalue weighted by Gasteiger charge is -2.10. The van der Waals surface area contributed by atoms with Crippen molar-refractivity contribution in [1.82, 2.24) is 9.97 Å². The minimum Gasteiger partial charge on any atom is -0.481 e. The number of H-pyrrole nitrogens is 1. The lowest BCUT2D eigenvalue weighted by Crippen LogP contribution is -2.20. The SMILES string of the molecule is O=C(O)Cc1nc[nH]c1NC(=S)Nc1ccc(Cl)cc1. The van der Waals surface area contributed by atoms with E-state index in [4.69, 9.17) is 28.9 Å². The Balaban J connectivity index is 1.99. The molecule has 0 aliphatic carbocycles. The van der Waals surface area contributed by atoms with E-state index in [1.165, 1.54) is 6.33 Å². The predicted molar refractivity (Wildman–Crippen MR) is 81.2 cm³/mol. The number of nitrogens with zero attached hydrogens (tertiary/aromatic N) is 1. The van der Waals surface area contributed by atoms with Crippen LogP contribution < -0.4 is 10.6 Å². The van der Waals surface area contributed by atoms with E-state index in [1.807, 2.05) is 0 Å². The molecule has 4 N–H and O–H groups in total. The number of aliphatic carboxylic acids is 1. The number of rotatable bonds is 4. The van der Waals surface area contributed by atoms with E-state index >= 15 is 0 Å². The summed E-state index contributed by atoms with van der Waals surface area (Å²) in [5.74, 6) is -0.504. The number of carboxylic acid groups (broad SMARTS) is 1. The lowest BCUT2D eigenvalue weighted by molar-refractivity contribution is -0.136. The first-order chi connectivity index (χ1) is 9.54. The molecule has 0 bridgehead atoms. The van der Waals surface area contributed by atoms with Gasteiger partial charge in [0, 0.05) is 10.7 Å². The second-order valence-corrected chi connectivity index (χ2v) is 4.73. The maximum absolute atomic E-state index is 10.7. The second-order valence-electron chi connectivity index (χ2n) is 3.88. The molecular formula is C12H11ClN4O2S. The van der Waals surface area contributed by atoms with Gasteiger partial charge in [0.1, 0.15) is 5.82 Å². The van der Waals surface area contributed by atoms with Gasteiger partial charge in [-0.3, -0.25) is 4.79 Å². The summed E-state index contributed by atoms with van der Waals surface area (Å²) in [5.41, 5.74) is 1.16. The Morgan fingerprint density at radius 3 is 2.70 bits per heavy atom. The van der Waals surface area contributed by atoms with E-state index in [9.17, 15) is 4.79 Å². The number of aromatic amines is 1. The quantitative estimate of drug-likeness (QED) is 0.649. The van der Waals surface area contributed by atoms with Crippen LogP contribution in [0, 0.1) is 0 Å². The van der Waals surface area contributed by atoms with Crippen LogP contribution in [0.15, 0.2) is 30.6 Å². The fraction of sp³-hybridized carbons (Fsp3) is 0.0833. The van der Waals surface area contributed by atoms with Crippen LogP contribution in [0.1, 0.15) is 5.69 Å². The molecular weight excluding hydrogens is 300 g/mol. The van der Waals surface area contributed by atoms with Gasteiger partial charge < -0.3 is 20.7 Å². The average molecular weight is 311 g/mol. The van der Waals surface area contributed by atoms with Crippen molar-refractivity contribution in [2.45, 2.75) is 6.42 Å². The topological polar surface area (TPSA) is 90.0 Å². The highest BCUT2D eigenvalue weighted by atomic mass is 35.5. The Labute approximate surface area is 125 Å². The second kappa shape index (κ2) is 6.36. The number of hydrogen-bond donors (Lipinski definition) is 4. The Hall–Kier alpha value is -2.12. The van der Waals surface area contributed by atoms with Crippen LogP contribution in [0.2, 0.25) is 5.02 Å². The summed E-state index contributed by atoms with van der Waals surface area (Å²) < 4.78 is 0. The fourth-order valence-corrected chi connectivity index (χ4v) is 1.86. The normalized spacial score (nSPS) is 10.1. The molecule has 0 unspecified atom stereocenters. The number of thiocarbonyl (C=S) groups is 1. The van der Waals surface area contributed by atoms with Crippen LogP contribution in [-0.4, -0.2) is 26.2 Å². The van der Waals surface area contributed by atoms with Gasteiger partial charge in [0.25, 0.3) is 0 Å². The van der Waals surface area contributed by atoms with Crippen molar-refractivity contribution in [3.8, 4) is 0 Å². The number of halogens is 1. The molecule has 20 heavy (non-hydrogen) atoms. The summed E-state index contributed by atoms with van der Waals surface area (Å²) in [4.78, 5) is 17.4. The molecule has 1 heterocycles. The predicted octanol–water partition coefficient (Wildman–Crippen LogP) is 2.50. The van der Waals surface area contributed by atoms with Crippen molar-refractivity contribution in [2.24, 2.45) is 0 Å². The summed E-state index contributed by atoms with van der Waals surface area (Å²) in [6, 6.07) is 7.03. The molecule has 0 fully saturated rings. The minimum atomic E-state index is -0.961. The molecule has 0 saturated heterocycles. The van der Waals surface area contributed by atoms with Gasteiger partial charge >= 0.3 is 5.97 Å². The molecule has 0 atom stereocenters. The number of hydrogen-bond acceptors (Lipinski definition) is 3. The highest BCUT2D eigenvalue weighted by molar-refractivity contribution is 7.80. The van der Waals surface area contributed by atoms with Gasteiger partial charge in [-0.15, -0.1) is 0 Å². The zero-order valence-corrected chi connectivity index (χ0v) is 11.8. The lowest BCUT2D eigenvalue weighted by atomic mass is 10.3. The molecule has 0 radical (unpaired) electrons. The van der Waals surface area contributed by atoms with E-state index in [0.717, 1.165) is 5.69 Å². The van der Waals surface area contributed by atoms with Crippen molar-refractivity contribution >= 4 is 46.4 Å². The van der Waals surface area contributed by atoms with E-state index in [1.54, 1.807) is 24.3 Å². The Morgan fingerprint density at radius 2 is 2.05 bits per heavy atom. The first-order valence-corrected chi connectivity index (χ1v) is 6.41. The van der Waals surface area contributed by atoms with Crippen LogP contribution in [0.25, 0.3) is 0 Å². The first-order valence-electron chi connectivity index (χ1n) is 5.62. The van der Waals surface area contributed by atoms with Crippen molar-refractivity contribution < 1.29 is 9.90 Å². The van der Waals surface area contributed by atoms with Crippen LogP contribution in [-0.2, 0) is 11.2 Å². The molecule has 8 heteroatoms. The Morgan fingerprint density at radius 1 is 1.35 bits per heavy atom. The van der Waals surface area contributed by atoms with Crippen molar-refractivity contribution in [3.05, 3.63) is 41.3 Å². The molecule has 0 spiro atoms. The van der Waals surface area contributed by atoms with Crippen molar-refractivity contribution in [3.63, 3.8) is 0 Å². The summed E-state index contributed by atoms with van der Waals surface area (Å²) in [6.45, 7) is 0. The number of imidazole rings is 1. The third-order valence-corrected chi connectivity index (χ3v) is 2.83. The van der Waals surface area contributed by atoms with Crippen molar-refractivity contribution in [2.75, 3.05) is 10.6 Å². The summed E-state index contributed by atoms with van der Waals surface area (Å²) in [6.07, 6.45) is 1.22. The van der Waals surface area contributed by atoms with Crippen molar-refractivity contribution in [1.29, 1.82) is 0 Å². The number of aromatic nitrogens is 2. The van der Waals surface area contributed by atoms with Crippen LogP contribution in [0.5, 0.6) is 0 Å². The number of carboxylic acids is 1. The van der Waals surface area contributed by atoms with Gasteiger partial charge in [-0.2, -0.15) is 0 Å². The molecule has 2 aromatic rings. The van der Waals surface area contributed by atoms with Gasteiger partial charge in [-0.05, 0) is 36.5 Å². The number of carbonyl (C=O) groups is 1. The molecule has 0 aliphatic rings. The summed E-state index contributed by atoms with van der Waals surface area (Å²) >= 11 is 10.9. The van der Waals surface area contributed by atoms with Gasteiger partial charge in [-0.1, -0.05) is 11.6 Å². The highest BCUT2D eigenvalue weighted by Crippen LogP contribution is 2.15. The molecule has 0 aliphatic heterocycles. The zero-order valence-electron chi connectivity index (χ0n) is 10.2. The third kappa shape index (κ3) is 3.94. The molecule has 1 aromatic heterocycles. The van der Waals surface area contributed by atoms with Gasteiger partial charge in [0.15, 0.2) is 5.11 Å². The maximum atomic E-state index is 10.7. The summed E-state index contributed by atoms with van der Waals surface area (Å²) in [7, 11) is 0. The molecule has 0 saturated carbocycles. The van der Waals surface area contributed by atoms with E-state index < -0.39 is 5.97 Å². The first kappa shape index (κ1) is 14.3.